The van der Waals surface area contributed by atoms with Gasteiger partial charge < -0.3 is 14.2 Å². The summed E-state index contributed by atoms with van der Waals surface area (Å²) >= 11 is 1.34. The van der Waals surface area contributed by atoms with E-state index in [-0.39, 0.29) is 24.7 Å². The number of nitrogens with zero attached hydrogens (tertiary/aromatic N) is 3. The van der Waals surface area contributed by atoms with E-state index in [0.29, 0.717) is 34.5 Å². The number of nitrogens with one attached hydrogen (secondary N) is 1. The van der Waals surface area contributed by atoms with Crippen molar-refractivity contribution >= 4 is 34.3 Å². The number of thiazole rings is 1. The molecule has 0 aliphatic rings. The van der Waals surface area contributed by atoms with Crippen molar-refractivity contribution in [1.29, 1.82) is 0 Å². The number of rotatable bonds is 11. The van der Waals surface area contributed by atoms with Crippen molar-refractivity contribution < 1.29 is 23.9 Å². The molecule has 0 aliphatic heterocycles. The number of benzene rings is 2. The summed E-state index contributed by atoms with van der Waals surface area (Å²) in [5.74, 6) is 0.847. The Bertz CT molecular complexity index is 1190. The molecule has 10 nitrogen and oxygen atoms in total. The molecule has 0 spiro atoms. The maximum atomic E-state index is 11.6. The highest BCUT2D eigenvalue weighted by Crippen LogP contribution is 2.26. The van der Waals surface area contributed by atoms with E-state index >= 15 is 0 Å². The summed E-state index contributed by atoms with van der Waals surface area (Å²) in [4.78, 5) is 26.4. The van der Waals surface area contributed by atoms with Crippen LogP contribution in [-0.2, 0) is 22.6 Å². The monoisotopic (exact) mass is 484 g/mol. The Morgan fingerprint density at radius 3 is 2.82 bits per heavy atom. The Kier molecular flexibility index (Phi) is 8.52. The number of carbonyl (C=O) groups is 1. The van der Waals surface area contributed by atoms with Gasteiger partial charge in [0.25, 0.3) is 5.69 Å². The minimum absolute atomic E-state index is 0.0453. The van der Waals surface area contributed by atoms with Crippen LogP contribution in [0.1, 0.15) is 29.3 Å². The molecule has 2 aromatic carbocycles. The number of hydrogen-bond acceptors (Lipinski definition) is 10. The lowest BCUT2D eigenvalue weighted by Crippen LogP contribution is -2.07. The van der Waals surface area contributed by atoms with Crippen LogP contribution in [0, 0.1) is 17.0 Å². The van der Waals surface area contributed by atoms with E-state index in [1.165, 1.54) is 17.4 Å². The molecule has 178 valence electrons. The maximum Gasteiger partial charge on any atom is 0.311 e. The predicted molar refractivity (Wildman–Crippen MR) is 129 cm³/mol. The molecule has 3 aromatic rings. The second-order valence-corrected chi connectivity index (χ2v) is 7.92. The zero-order valence-corrected chi connectivity index (χ0v) is 19.8. The molecule has 1 aromatic heterocycles. The van der Waals surface area contributed by atoms with E-state index in [2.05, 4.69) is 15.5 Å². The largest absolute Gasteiger partial charge is 0.496 e. The summed E-state index contributed by atoms with van der Waals surface area (Å²) < 4.78 is 16.2. The Morgan fingerprint density at radius 1 is 1.29 bits per heavy atom. The highest BCUT2D eigenvalue weighted by molar-refractivity contribution is 7.13. The topological polar surface area (TPSA) is 125 Å². The number of carbonyl (C=O) groups excluding carboxylic acids is 1. The molecule has 0 saturated heterocycles. The quantitative estimate of drug-likeness (QED) is 0.183. The van der Waals surface area contributed by atoms with Crippen LogP contribution >= 0.6 is 11.3 Å². The number of methoxy groups -OCH3 is 1. The van der Waals surface area contributed by atoms with Gasteiger partial charge in [0.05, 0.1) is 37.0 Å². The number of nitro groups is 1. The lowest BCUT2D eigenvalue weighted by atomic mass is 10.1. The number of aromatic nitrogens is 1. The van der Waals surface area contributed by atoms with Crippen molar-refractivity contribution in [2.45, 2.75) is 26.9 Å². The second kappa shape index (κ2) is 11.8. The molecule has 34 heavy (non-hydrogen) atoms. The van der Waals surface area contributed by atoms with Crippen LogP contribution in [-0.4, -0.2) is 35.8 Å². The fourth-order valence-electron chi connectivity index (χ4n) is 3.04. The number of anilines is 1. The molecule has 0 fully saturated rings. The van der Waals surface area contributed by atoms with Gasteiger partial charge >= 0.3 is 5.97 Å². The number of esters is 1. The summed E-state index contributed by atoms with van der Waals surface area (Å²) in [6.45, 7) is 3.96. The van der Waals surface area contributed by atoms with Crippen molar-refractivity contribution in [3.8, 4) is 11.5 Å². The molecule has 0 atom stereocenters. The van der Waals surface area contributed by atoms with E-state index < -0.39 is 4.92 Å². The van der Waals surface area contributed by atoms with Crippen LogP contribution in [0.15, 0.2) is 46.9 Å². The number of ether oxygens (including phenoxy) is 3. The molecular weight excluding hydrogens is 460 g/mol. The standard InChI is InChI=1S/C23H24N4O6S/c1-4-32-22(28)11-18-14-34-23(25-18)26-24-12-16-5-8-21(31-3)17(10-16)13-33-19-6-7-20(27(29)30)15(2)9-19/h5-10,12,14H,4,11,13H2,1-3H3,(H,25,26). The minimum Gasteiger partial charge on any atom is -0.496 e. The van der Waals surface area contributed by atoms with Gasteiger partial charge in [-0.25, -0.2) is 4.98 Å². The van der Waals surface area contributed by atoms with Crippen molar-refractivity contribution in [2.75, 3.05) is 19.1 Å². The Balaban J connectivity index is 1.63. The lowest BCUT2D eigenvalue weighted by molar-refractivity contribution is -0.385. The Morgan fingerprint density at radius 2 is 2.12 bits per heavy atom. The highest BCUT2D eigenvalue weighted by Gasteiger charge is 2.12. The van der Waals surface area contributed by atoms with Crippen LogP contribution in [0.2, 0.25) is 0 Å². The number of aryl methyl sites for hydroxylation is 1. The van der Waals surface area contributed by atoms with Gasteiger partial charge in [-0.2, -0.15) is 5.10 Å². The van der Waals surface area contributed by atoms with E-state index in [4.69, 9.17) is 14.2 Å². The molecule has 0 amide bonds. The van der Waals surface area contributed by atoms with Crippen molar-refractivity contribution in [3.05, 3.63) is 74.3 Å². The third-order valence-electron chi connectivity index (χ3n) is 4.62. The fraction of sp³-hybridized carbons (Fsp3) is 0.261. The lowest BCUT2D eigenvalue weighted by Gasteiger charge is -2.11. The zero-order chi connectivity index (χ0) is 24.5. The van der Waals surface area contributed by atoms with Crippen LogP contribution in [0.25, 0.3) is 0 Å². The third kappa shape index (κ3) is 6.75. The van der Waals surface area contributed by atoms with Gasteiger partial charge in [0.1, 0.15) is 18.1 Å². The molecule has 0 saturated carbocycles. The SMILES string of the molecule is CCOC(=O)Cc1csc(NN=Cc2ccc(OC)c(COc3ccc([N+](=O)[O-])c(C)c3)c2)n1. The first-order chi connectivity index (χ1) is 16.4. The molecule has 1 N–H and O–H groups in total. The average Bonchev–Trinajstić information content (AvgIpc) is 3.24. The molecule has 1 heterocycles. The van der Waals surface area contributed by atoms with Crippen molar-refractivity contribution in [2.24, 2.45) is 5.10 Å². The zero-order valence-electron chi connectivity index (χ0n) is 18.9. The van der Waals surface area contributed by atoms with Crippen LogP contribution in [0.5, 0.6) is 11.5 Å². The van der Waals surface area contributed by atoms with Gasteiger partial charge in [0.2, 0.25) is 5.13 Å². The van der Waals surface area contributed by atoms with Gasteiger partial charge in [-0.1, -0.05) is 0 Å². The van der Waals surface area contributed by atoms with Gasteiger partial charge in [-0.05, 0) is 49.7 Å². The minimum atomic E-state index is -0.425. The van der Waals surface area contributed by atoms with Crippen LogP contribution in [0.4, 0.5) is 10.8 Å². The molecule has 3 rings (SSSR count). The van der Waals surface area contributed by atoms with Gasteiger partial charge in [0, 0.05) is 22.6 Å². The number of hydrogen-bond donors (Lipinski definition) is 1. The smallest absolute Gasteiger partial charge is 0.311 e. The Hall–Kier alpha value is -3.99. The molecule has 0 bridgehead atoms. The third-order valence-corrected chi connectivity index (χ3v) is 5.42. The number of nitro benzene ring substituents is 1. The molecule has 0 aliphatic carbocycles. The van der Waals surface area contributed by atoms with E-state index in [0.717, 1.165) is 11.1 Å². The van der Waals surface area contributed by atoms with Gasteiger partial charge in [0.15, 0.2) is 0 Å². The van der Waals surface area contributed by atoms with Gasteiger partial charge in [-0.3, -0.25) is 20.3 Å². The predicted octanol–water partition coefficient (Wildman–Crippen LogP) is 4.50. The average molecular weight is 485 g/mol. The summed E-state index contributed by atoms with van der Waals surface area (Å²) in [6, 6.07) is 10.1. The fourth-order valence-corrected chi connectivity index (χ4v) is 3.70. The summed E-state index contributed by atoms with van der Waals surface area (Å²) in [7, 11) is 1.57. The van der Waals surface area contributed by atoms with Crippen molar-refractivity contribution in [1.82, 2.24) is 4.98 Å². The normalized spacial score (nSPS) is 10.8. The van der Waals surface area contributed by atoms with Crippen LogP contribution in [0.3, 0.4) is 0 Å². The first kappa shape index (κ1) is 24.6. The molecule has 0 radical (unpaired) electrons. The summed E-state index contributed by atoms with van der Waals surface area (Å²) in [6.07, 6.45) is 1.75. The summed E-state index contributed by atoms with van der Waals surface area (Å²) in [5.41, 5.74) is 5.62. The first-order valence-corrected chi connectivity index (χ1v) is 11.2. The van der Waals surface area contributed by atoms with E-state index in [1.54, 1.807) is 44.7 Å². The van der Waals surface area contributed by atoms with Gasteiger partial charge in [-0.15, -0.1) is 11.3 Å². The Labute approximate surface area is 200 Å². The van der Waals surface area contributed by atoms with E-state index in [9.17, 15) is 14.9 Å². The first-order valence-electron chi connectivity index (χ1n) is 10.3. The second-order valence-electron chi connectivity index (χ2n) is 7.06. The van der Waals surface area contributed by atoms with Crippen LogP contribution < -0.4 is 14.9 Å². The molecule has 0 unspecified atom stereocenters. The maximum absolute atomic E-state index is 11.6. The highest BCUT2D eigenvalue weighted by atomic mass is 32.1. The molecule has 11 heteroatoms. The molecular formula is C23H24N4O6S. The number of hydrazone groups is 1. The van der Waals surface area contributed by atoms with E-state index in [1.807, 2.05) is 18.2 Å². The van der Waals surface area contributed by atoms with Crippen molar-refractivity contribution in [3.63, 3.8) is 0 Å². The summed E-state index contributed by atoms with van der Waals surface area (Å²) in [5, 5.41) is 17.5.